The number of ketones is 1. The fourth-order valence-corrected chi connectivity index (χ4v) is 7.19. The number of aliphatic hydroxyl groups is 1. The molecule has 0 saturated carbocycles. The Morgan fingerprint density at radius 2 is 1.40 bits per heavy atom. The minimum atomic E-state index is -0.337. The monoisotopic (exact) mass is 892 g/mol. The van der Waals surface area contributed by atoms with Crippen molar-refractivity contribution in [1.29, 1.82) is 0 Å². The van der Waals surface area contributed by atoms with Gasteiger partial charge in [-0.15, -0.1) is 17.5 Å². The van der Waals surface area contributed by atoms with Crippen molar-refractivity contribution >= 4 is 38.1 Å². The molecule has 0 fully saturated rings. The van der Waals surface area contributed by atoms with Gasteiger partial charge in [0.25, 0.3) is 0 Å². The van der Waals surface area contributed by atoms with E-state index in [0.29, 0.717) is 0 Å². The number of aliphatic hydroxyl groups excluding tert-OH is 1. The summed E-state index contributed by atoms with van der Waals surface area (Å²) < 4.78 is 15.5. The molecule has 1 aliphatic heterocycles. The van der Waals surface area contributed by atoms with E-state index in [9.17, 15) is 9.90 Å². The molecule has 6 rings (SSSR count). The molecule has 0 spiro atoms. The van der Waals surface area contributed by atoms with Gasteiger partial charge in [-0.05, 0) is 83.2 Å². The number of aromatic nitrogens is 1. The normalized spacial score (nSPS) is 13.5. The summed E-state index contributed by atoms with van der Waals surface area (Å²) in [5.41, 5.74) is 3.79. The number of carbonyl (C=O) groups excluding carboxylic acids is 1. The first-order valence-electron chi connectivity index (χ1n) is 19.7. The van der Waals surface area contributed by atoms with Crippen LogP contribution >= 0.6 is 0 Å². The van der Waals surface area contributed by atoms with E-state index in [0.717, 1.165) is 82.8 Å². The predicted octanol–water partition coefficient (Wildman–Crippen LogP) is 13.9. The summed E-state index contributed by atoms with van der Waals surface area (Å²) in [5, 5.41) is 16.7. The first kappa shape index (κ1) is 40.7. The Morgan fingerprint density at radius 3 is 2.00 bits per heavy atom. The van der Waals surface area contributed by atoms with Crippen LogP contribution in [0.1, 0.15) is 121 Å². The van der Waals surface area contributed by atoms with Gasteiger partial charge in [0.15, 0.2) is 5.78 Å². The van der Waals surface area contributed by atoms with E-state index >= 15 is 0 Å². The molecule has 0 saturated heterocycles. The van der Waals surface area contributed by atoms with Crippen molar-refractivity contribution in [2.45, 2.75) is 122 Å². The third-order valence-electron chi connectivity index (χ3n) is 11.4. The maximum Gasteiger partial charge on any atom is 0.164 e. The SMILES string of the molecule is CCC(C)(CC)C(=O)/C=C(\O)C(C)(CC)CC.[2H]c1cc2c3c(cc4c(CC(C)(C)C)cccc42)Oc2c([c-]c4ccccc4c2CC(C)(C)C)-c3n1.[Ir]. The smallest absolute Gasteiger partial charge is 0.164 e. The zero-order valence-corrected chi connectivity index (χ0v) is 36.5. The van der Waals surface area contributed by atoms with Crippen LogP contribution in [0.3, 0.4) is 0 Å². The van der Waals surface area contributed by atoms with Crippen molar-refractivity contribution in [3.05, 3.63) is 89.8 Å². The number of fused-ring (bicyclic) bond motifs is 5. The first-order chi connectivity index (χ1) is 24.8. The molecule has 1 aromatic heterocycles. The van der Waals surface area contributed by atoms with E-state index in [1.54, 1.807) is 0 Å². The number of hydrogen-bond acceptors (Lipinski definition) is 4. The zero-order valence-electron chi connectivity index (χ0n) is 35.1. The Bertz CT molecular complexity index is 2200. The van der Waals surface area contributed by atoms with Gasteiger partial charge in [0.2, 0.25) is 0 Å². The molecule has 4 nitrogen and oxygen atoms in total. The van der Waals surface area contributed by atoms with Crippen LogP contribution in [-0.2, 0) is 37.7 Å². The third-order valence-corrected chi connectivity index (χ3v) is 11.4. The van der Waals surface area contributed by atoms with Crippen LogP contribution in [0.5, 0.6) is 11.5 Å². The van der Waals surface area contributed by atoms with E-state index in [1.807, 2.05) is 47.6 Å². The number of allylic oxidation sites excluding steroid dienone is 2. The van der Waals surface area contributed by atoms with Gasteiger partial charge in [-0.25, -0.2) is 0 Å². The van der Waals surface area contributed by atoms with Gasteiger partial charge >= 0.3 is 0 Å². The van der Waals surface area contributed by atoms with E-state index in [2.05, 4.69) is 96.1 Å². The number of pyridine rings is 1. The first-order valence-corrected chi connectivity index (χ1v) is 19.2. The summed E-state index contributed by atoms with van der Waals surface area (Å²) >= 11 is 0. The molecule has 1 N–H and O–H groups in total. The topological polar surface area (TPSA) is 59.4 Å². The van der Waals surface area contributed by atoms with Gasteiger partial charge in [0, 0.05) is 54.3 Å². The fraction of sp³-hybridized carbons (Fsp3) is 0.458. The molecular weight excluding hydrogens is 831 g/mol. The number of carbonyl (C=O) groups is 1. The van der Waals surface area contributed by atoms with Gasteiger partial charge < -0.3 is 9.84 Å². The minimum Gasteiger partial charge on any atom is -0.512 e. The van der Waals surface area contributed by atoms with Crippen molar-refractivity contribution in [1.82, 2.24) is 4.98 Å². The molecule has 0 unspecified atom stereocenters. The predicted molar refractivity (Wildman–Crippen MR) is 221 cm³/mol. The van der Waals surface area contributed by atoms with Crippen molar-refractivity contribution in [2.24, 2.45) is 21.7 Å². The van der Waals surface area contributed by atoms with Crippen molar-refractivity contribution in [3.63, 3.8) is 0 Å². The molecule has 53 heavy (non-hydrogen) atoms. The number of ether oxygens (including phenoxy) is 1. The van der Waals surface area contributed by atoms with E-state index in [1.165, 1.54) is 28.0 Å². The molecule has 285 valence electrons. The Hall–Kier alpha value is -3.53. The summed E-state index contributed by atoms with van der Waals surface area (Å²) in [6.07, 6.45) is 6.85. The van der Waals surface area contributed by atoms with E-state index in [4.69, 9.17) is 11.1 Å². The summed E-state index contributed by atoms with van der Waals surface area (Å²) in [7, 11) is 0. The Labute approximate surface area is 333 Å². The Kier molecular flexibility index (Phi) is 12.3. The van der Waals surface area contributed by atoms with Gasteiger partial charge in [-0.3, -0.25) is 9.78 Å². The molecule has 5 aromatic rings. The minimum absolute atomic E-state index is 0. The number of hydrogen-bond donors (Lipinski definition) is 1. The van der Waals surface area contributed by atoms with Gasteiger partial charge in [0.1, 0.15) is 11.5 Å². The standard InChI is InChI=1S/C33H32NO.C15H28O2.Ir/c1-32(2,3)18-21-11-9-13-23-24-14-15-34-30-26-16-20-10-7-8-12-22(20)27(19-33(4,5)6)31(26)35-28(29(24)30)17-25(21)23;1-7-14(5,8-2)12(16)11-13(17)15(6,9-3)10-4;/h7-15,17H,18-19H2,1-6H3;11,16H,7-10H2,1-6H3;/q-1;;/b;12-11-;/i15D;;. The number of benzene rings is 4. The van der Waals surface area contributed by atoms with Crippen LogP contribution in [0.15, 0.2) is 72.6 Å². The van der Waals surface area contributed by atoms with Crippen molar-refractivity contribution in [2.75, 3.05) is 0 Å². The van der Waals surface area contributed by atoms with Crippen LogP contribution in [-0.4, -0.2) is 15.9 Å². The molecule has 0 aliphatic carbocycles. The molecule has 0 bridgehead atoms. The quantitative estimate of drug-likeness (QED) is 0.0680. The number of nitrogens with zero attached hydrogens (tertiary/aromatic N) is 1. The Balaban J connectivity index is 0.000000309. The van der Waals surface area contributed by atoms with Crippen LogP contribution < -0.4 is 4.74 Å². The van der Waals surface area contributed by atoms with Gasteiger partial charge in [-0.2, -0.15) is 0 Å². The Morgan fingerprint density at radius 1 is 0.792 bits per heavy atom. The fourth-order valence-electron chi connectivity index (χ4n) is 7.19. The zero-order chi connectivity index (χ0) is 39.1. The van der Waals surface area contributed by atoms with Crippen LogP contribution in [0, 0.1) is 27.7 Å². The second kappa shape index (κ2) is 16.1. The van der Waals surface area contributed by atoms with Gasteiger partial charge in [0.05, 0.1) is 7.12 Å². The second-order valence-corrected chi connectivity index (χ2v) is 17.8. The maximum absolute atomic E-state index is 12.2. The van der Waals surface area contributed by atoms with E-state index < -0.39 is 0 Å². The third kappa shape index (κ3) is 8.73. The average Bonchev–Trinajstić information content (AvgIpc) is 3.10. The molecular formula is C48H60IrNO3-. The maximum atomic E-state index is 12.2. The molecule has 5 heteroatoms. The molecule has 2 heterocycles. The second-order valence-electron chi connectivity index (χ2n) is 17.8. The summed E-state index contributed by atoms with van der Waals surface area (Å²) in [6.45, 7) is 25.7. The largest absolute Gasteiger partial charge is 0.512 e. The van der Waals surface area contributed by atoms with Crippen molar-refractivity contribution < 1.29 is 36.1 Å². The van der Waals surface area contributed by atoms with E-state index in [-0.39, 0.29) is 59.5 Å². The summed E-state index contributed by atoms with van der Waals surface area (Å²) in [6, 6.07) is 22.6. The van der Waals surface area contributed by atoms with Crippen molar-refractivity contribution in [3.8, 4) is 22.8 Å². The molecule has 0 atom stereocenters. The van der Waals surface area contributed by atoms with Crippen LogP contribution in [0.25, 0.3) is 43.6 Å². The number of rotatable bonds is 9. The molecule has 4 aromatic carbocycles. The summed E-state index contributed by atoms with van der Waals surface area (Å²) in [5.74, 6) is 1.95. The molecule has 1 aliphatic rings. The molecule has 1 radical (unpaired) electrons. The summed E-state index contributed by atoms with van der Waals surface area (Å²) in [4.78, 5) is 16.9. The molecule has 0 amide bonds. The average molecular weight is 892 g/mol. The van der Waals surface area contributed by atoms with Gasteiger partial charge in [-0.1, -0.05) is 136 Å². The van der Waals surface area contributed by atoms with Crippen LogP contribution in [0.2, 0.25) is 0 Å². The van der Waals surface area contributed by atoms with Crippen LogP contribution in [0.4, 0.5) is 0 Å².